The van der Waals surface area contributed by atoms with E-state index in [0.29, 0.717) is 5.57 Å². The fourth-order valence-electron chi connectivity index (χ4n) is 2.72. The van der Waals surface area contributed by atoms with Gasteiger partial charge >= 0.3 is 0 Å². The standard InChI is InChI=1S/C19H15BrN2O2S/c1-21-17(23)16(18(24)22(2)19(21)25)15(12-6-4-3-5-7-12)13-8-10-14(20)11-9-13/h3-11H,1-2H3. The SMILES string of the molecule is CN1C(=O)C(=C(c2ccccc2)c2ccc(Br)cc2)C(=O)N(C)C1=S. The molecule has 126 valence electrons. The third kappa shape index (κ3) is 3.15. The molecule has 1 heterocycles. The fraction of sp³-hybridized carbons (Fsp3) is 0.105. The summed E-state index contributed by atoms with van der Waals surface area (Å²) in [7, 11) is 3.16. The minimum Gasteiger partial charge on any atom is -0.288 e. The van der Waals surface area contributed by atoms with Crippen LogP contribution in [-0.2, 0) is 9.59 Å². The molecule has 1 aliphatic rings. The Kier molecular flexibility index (Phi) is 4.83. The summed E-state index contributed by atoms with van der Waals surface area (Å²) in [4.78, 5) is 28.4. The number of carbonyl (C=O) groups excluding carboxylic acids is 2. The zero-order valence-corrected chi connectivity index (χ0v) is 16.1. The van der Waals surface area contributed by atoms with Crippen LogP contribution in [0.2, 0.25) is 0 Å². The Morgan fingerprint density at radius 2 is 1.32 bits per heavy atom. The zero-order chi connectivity index (χ0) is 18.1. The van der Waals surface area contributed by atoms with Gasteiger partial charge in [0.25, 0.3) is 11.8 Å². The predicted molar refractivity (Wildman–Crippen MR) is 105 cm³/mol. The minimum absolute atomic E-state index is 0.118. The van der Waals surface area contributed by atoms with E-state index in [4.69, 9.17) is 12.2 Å². The fourth-order valence-corrected chi connectivity index (χ4v) is 3.15. The van der Waals surface area contributed by atoms with E-state index in [-0.39, 0.29) is 10.7 Å². The van der Waals surface area contributed by atoms with Crippen LogP contribution in [-0.4, -0.2) is 40.8 Å². The number of hydrogen-bond donors (Lipinski definition) is 0. The number of likely N-dealkylation sites (N-methyl/N-ethyl adjacent to an activating group) is 2. The Hall–Kier alpha value is -2.31. The highest BCUT2D eigenvalue weighted by Gasteiger charge is 2.38. The van der Waals surface area contributed by atoms with Crippen molar-refractivity contribution in [3.63, 3.8) is 0 Å². The highest BCUT2D eigenvalue weighted by atomic mass is 79.9. The van der Waals surface area contributed by atoms with Crippen molar-refractivity contribution in [2.24, 2.45) is 0 Å². The van der Waals surface area contributed by atoms with Crippen LogP contribution < -0.4 is 0 Å². The van der Waals surface area contributed by atoms with Crippen LogP contribution in [0.1, 0.15) is 11.1 Å². The average molecular weight is 415 g/mol. The van der Waals surface area contributed by atoms with Crippen LogP contribution in [0.5, 0.6) is 0 Å². The molecule has 2 aromatic carbocycles. The second-order valence-electron chi connectivity index (χ2n) is 5.63. The van der Waals surface area contributed by atoms with Crippen molar-refractivity contribution in [2.75, 3.05) is 14.1 Å². The molecule has 0 bridgehead atoms. The number of carbonyl (C=O) groups is 2. The third-order valence-corrected chi connectivity index (χ3v) is 5.13. The van der Waals surface area contributed by atoms with E-state index in [1.807, 2.05) is 54.6 Å². The Morgan fingerprint density at radius 3 is 1.84 bits per heavy atom. The van der Waals surface area contributed by atoms with Gasteiger partial charge in [-0.15, -0.1) is 0 Å². The molecular formula is C19H15BrN2O2S. The molecule has 25 heavy (non-hydrogen) atoms. The van der Waals surface area contributed by atoms with E-state index in [0.717, 1.165) is 15.6 Å². The molecule has 0 saturated carbocycles. The van der Waals surface area contributed by atoms with E-state index < -0.39 is 11.8 Å². The molecule has 1 saturated heterocycles. The Morgan fingerprint density at radius 1 is 0.840 bits per heavy atom. The van der Waals surface area contributed by atoms with Gasteiger partial charge in [-0.25, -0.2) is 0 Å². The van der Waals surface area contributed by atoms with Crippen LogP contribution in [0.4, 0.5) is 0 Å². The molecule has 0 unspecified atom stereocenters. The smallest absolute Gasteiger partial charge is 0.266 e. The van der Waals surface area contributed by atoms with Gasteiger partial charge in [0.2, 0.25) is 0 Å². The number of hydrogen-bond acceptors (Lipinski definition) is 3. The van der Waals surface area contributed by atoms with Crippen LogP contribution in [0, 0.1) is 0 Å². The quantitative estimate of drug-likeness (QED) is 0.429. The maximum Gasteiger partial charge on any atom is 0.266 e. The number of halogens is 1. The summed E-state index contributed by atoms with van der Waals surface area (Å²) >= 11 is 8.59. The lowest BCUT2D eigenvalue weighted by atomic mass is 9.91. The summed E-state index contributed by atoms with van der Waals surface area (Å²) in [6.07, 6.45) is 0. The summed E-state index contributed by atoms with van der Waals surface area (Å²) in [6, 6.07) is 17.0. The molecule has 2 amide bonds. The molecule has 4 nitrogen and oxygen atoms in total. The van der Waals surface area contributed by atoms with Crippen molar-refractivity contribution in [3.8, 4) is 0 Å². The molecule has 1 fully saturated rings. The predicted octanol–water partition coefficient (Wildman–Crippen LogP) is 3.47. The maximum absolute atomic E-state index is 12.9. The summed E-state index contributed by atoms with van der Waals surface area (Å²) < 4.78 is 0.922. The van der Waals surface area contributed by atoms with Gasteiger partial charge in [0.1, 0.15) is 5.57 Å². The first-order valence-corrected chi connectivity index (χ1v) is 8.77. The second kappa shape index (κ2) is 6.90. The number of amides is 2. The van der Waals surface area contributed by atoms with Gasteiger partial charge in [0.15, 0.2) is 5.11 Å². The molecule has 0 spiro atoms. The summed E-state index contributed by atoms with van der Waals surface area (Å²) in [5, 5.41) is 0.196. The van der Waals surface area contributed by atoms with Crippen LogP contribution in [0.15, 0.2) is 64.6 Å². The van der Waals surface area contributed by atoms with Crippen molar-refractivity contribution >= 4 is 50.6 Å². The van der Waals surface area contributed by atoms with Gasteiger partial charge in [-0.2, -0.15) is 0 Å². The Balaban J connectivity index is 2.31. The molecule has 0 radical (unpaired) electrons. The second-order valence-corrected chi connectivity index (χ2v) is 6.91. The van der Waals surface area contributed by atoms with Gasteiger partial charge in [-0.1, -0.05) is 58.4 Å². The lowest BCUT2D eigenvalue weighted by Crippen LogP contribution is -2.53. The third-order valence-electron chi connectivity index (χ3n) is 4.06. The first-order chi connectivity index (χ1) is 11.9. The first kappa shape index (κ1) is 17.5. The highest BCUT2D eigenvalue weighted by molar-refractivity contribution is 9.10. The molecule has 0 atom stereocenters. The van der Waals surface area contributed by atoms with Crippen molar-refractivity contribution in [3.05, 3.63) is 75.8 Å². The van der Waals surface area contributed by atoms with Crippen LogP contribution >= 0.6 is 28.1 Å². The summed E-state index contributed by atoms with van der Waals surface area (Å²) in [5.74, 6) is -0.787. The van der Waals surface area contributed by atoms with Crippen LogP contribution in [0.25, 0.3) is 5.57 Å². The lowest BCUT2D eigenvalue weighted by molar-refractivity contribution is -0.132. The van der Waals surface area contributed by atoms with Crippen molar-refractivity contribution in [1.82, 2.24) is 9.80 Å². The van der Waals surface area contributed by atoms with E-state index >= 15 is 0 Å². The minimum atomic E-state index is -0.394. The monoisotopic (exact) mass is 414 g/mol. The largest absolute Gasteiger partial charge is 0.288 e. The van der Waals surface area contributed by atoms with Gasteiger partial charge in [0, 0.05) is 24.1 Å². The Labute approximate surface area is 159 Å². The molecule has 3 rings (SSSR count). The first-order valence-electron chi connectivity index (χ1n) is 7.57. The molecule has 6 heteroatoms. The van der Waals surface area contributed by atoms with Gasteiger partial charge in [0.05, 0.1) is 0 Å². The number of thiocarbonyl (C=S) groups is 1. The van der Waals surface area contributed by atoms with E-state index in [2.05, 4.69) is 15.9 Å². The van der Waals surface area contributed by atoms with Gasteiger partial charge in [-0.3, -0.25) is 19.4 Å². The molecular weight excluding hydrogens is 400 g/mol. The molecule has 1 aliphatic heterocycles. The number of nitrogens with zero attached hydrogens (tertiary/aromatic N) is 2. The summed E-state index contributed by atoms with van der Waals surface area (Å²) in [5.41, 5.74) is 2.31. The van der Waals surface area contributed by atoms with Crippen molar-refractivity contribution in [2.45, 2.75) is 0 Å². The summed E-state index contributed by atoms with van der Waals surface area (Å²) in [6.45, 7) is 0. The maximum atomic E-state index is 12.9. The highest BCUT2D eigenvalue weighted by Crippen LogP contribution is 2.31. The number of rotatable bonds is 2. The van der Waals surface area contributed by atoms with Crippen LogP contribution in [0.3, 0.4) is 0 Å². The van der Waals surface area contributed by atoms with E-state index in [9.17, 15) is 9.59 Å². The molecule has 0 N–H and O–H groups in total. The zero-order valence-electron chi connectivity index (χ0n) is 13.7. The van der Waals surface area contributed by atoms with Gasteiger partial charge < -0.3 is 0 Å². The Bertz CT molecular complexity index is 865. The van der Waals surface area contributed by atoms with Crippen molar-refractivity contribution in [1.29, 1.82) is 0 Å². The molecule has 0 aromatic heterocycles. The van der Waals surface area contributed by atoms with Gasteiger partial charge in [-0.05, 0) is 35.5 Å². The van der Waals surface area contributed by atoms with E-state index in [1.165, 1.54) is 9.80 Å². The normalized spacial score (nSPS) is 15.0. The average Bonchev–Trinajstić information content (AvgIpc) is 2.64. The van der Waals surface area contributed by atoms with Crippen molar-refractivity contribution < 1.29 is 9.59 Å². The molecule has 0 aliphatic carbocycles. The lowest BCUT2D eigenvalue weighted by Gasteiger charge is -2.33. The molecule has 2 aromatic rings. The number of benzene rings is 2. The topological polar surface area (TPSA) is 40.6 Å². The van der Waals surface area contributed by atoms with E-state index in [1.54, 1.807) is 14.1 Å².